The van der Waals surface area contributed by atoms with Gasteiger partial charge in [-0.25, -0.2) is 0 Å². The topological polar surface area (TPSA) is 49.1 Å². The summed E-state index contributed by atoms with van der Waals surface area (Å²) >= 11 is -2.89. The van der Waals surface area contributed by atoms with Gasteiger partial charge >= 0.3 is 12.4 Å². The van der Waals surface area contributed by atoms with E-state index in [1.54, 1.807) is 0 Å². The van der Waals surface area contributed by atoms with Crippen LogP contribution in [0.4, 0.5) is 26.3 Å². The number of benzene rings is 1. The number of rotatable bonds is 1. The molecule has 0 spiro atoms. The molecule has 0 amide bonds. The van der Waals surface area contributed by atoms with Gasteiger partial charge in [0, 0.05) is 0 Å². The van der Waals surface area contributed by atoms with Crippen molar-refractivity contribution in [2.24, 2.45) is 5.14 Å². The Morgan fingerprint density at radius 2 is 1.29 bits per heavy atom. The van der Waals surface area contributed by atoms with Gasteiger partial charge in [0.25, 0.3) is 0 Å². The molecule has 1 atom stereocenters. The molecule has 0 fully saturated rings. The lowest BCUT2D eigenvalue weighted by atomic mass is 10.1. The summed E-state index contributed by atoms with van der Waals surface area (Å²) in [6, 6.07) is 1.38. The Kier molecular flexibility index (Phi) is 3.65. The molecule has 1 aromatic carbocycles. The highest BCUT2D eigenvalue weighted by atomic mass is 32.2. The quantitative estimate of drug-likeness (QED) is 0.633. The van der Waals surface area contributed by atoms with Gasteiger partial charge in [0.1, 0.15) is 11.1 Å². The Labute approximate surface area is 94.7 Å². The van der Waals surface area contributed by atoms with Crippen LogP contribution < -0.4 is 5.14 Å². The fourth-order valence-electron chi connectivity index (χ4n) is 1.20. The first-order valence-electron chi connectivity index (χ1n) is 3.98. The largest absolute Gasteiger partial charge is 0.593 e. The maximum Gasteiger partial charge on any atom is 0.421 e. The zero-order valence-corrected chi connectivity index (χ0v) is 8.71. The molecule has 0 aromatic heterocycles. The van der Waals surface area contributed by atoms with Crippen molar-refractivity contribution >= 4 is 11.4 Å². The van der Waals surface area contributed by atoms with Crippen molar-refractivity contribution in [2.45, 2.75) is 17.2 Å². The number of hydrogen-bond acceptors (Lipinski definition) is 2. The zero-order chi connectivity index (χ0) is 13.4. The van der Waals surface area contributed by atoms with Gasteiger partial charge in [0.2, 0.25) is 0 Å². The van der Waals surface area contributed by atoms with Crippen LogP contribution in [0.2, 0.25) is 0 Å². The van der Waals surface area contributed by atoms with E-state index in [0.29, 0.717) is 18.2 Å². The molecule has 0 saturated heterocycles. The summed E-state index contributed by atoms with van der Waals surface area (Å²) in [5, 5.41) is 4.68. The van der Waals surface area contributed by atoms with Gasteiger partial charge in [-0.2, -0.15) is 26.3 Å². The van der Waals surface area contributed by atoms with Crippen LogP contribution in [-0.4, -0.2) is 4.55 Å². The second-order valence-electron chi connectivity index (χ2n) is 2.98. The van der Waals surface area contributed by atoms with E-state index in [4.69, 9.17) is 0 Å². The highest BCUT2D eigenvalue weighted by Crippen LogP contribution is 2.40. The average molecular weight is 277 g/mol. The fraction of sp³-hybridized carbons (Fsp3) is 0.250. The number of halogens is 6. The van der Waals surface area contributed by atoms with Crippen LogP contribution in [-0.2, 0) is 23.7 Å². The number of hydrogen-bond donors (Lipinski definition) is 1. The van der Waals surface area contributed by atoms with E-state index in [1.807, 2.05) is 0 Å². The van der Waals surface area contributed by atoms with E-state index in [1.165, 1.54) is 0 Å². The second-order valence-corrected chi connectivity index (χ2v) is 3.98. The third-order valence-electron chi connectivity index (χ3n) is 1.83. The second kappa shape index (κ2) is 4.39. The summed E-state index contributed by atoms with van der Waals surface area (Å²) in [6.45, 7) is 0. The molecule has 2 nitrogen and oxygen atoms in total. The van der Waals surface area contributed by atoms with Crippen LogP contribution in [0.1, 0.15) is 11.1 Å². The summed E-state index contributed by atoms with van der Waals surface area (Å²) in [5.41, 5.74) is -3.29. The Bertz CT molecular complexity index is 381. The van der Waals surface area contributed by atoms with Crippen LogP contribution in [0, 0.1) is 0 Å². The van der Waals surface area contributed by atoms with Crippen molar-refractivity contribution in [3.8, 4) is 0 Å². The molecule has 17 heavy (non-hydrogen) atoms. The average Bonchev–Trinajstić information content (AvgIpc) is 2.13. The van der Waals surface area contributed by atoms with Crippen molar-refractivity contribution in [2.75, 3.05) is 0 Å². The molecular weight excluding hydrogens is 272 g/mol. The minimum absolute atomic E-state index is 0.398. The lowest BCUT2D eigenvalue weighted by molar-refractivity contribution is -0.147. The molecular formula is C8H5F6NOS. The third kappa shape index (κ3) is 3.05. The van der Waals surface area contributed by atoms with E-state index in [2.05, 4.69) is 5.14 Å². The summed E-state index contributed by atoms with van der Waals surface area (Å²) in [5.74, 6) is 0. The molecule has 0 aliphatic carbocycles. The SMILES string of the molecule is N[S+]([O-])c1c(C(F)(F)F)cccc1C(F)(F)F. The van der Waals surface area contributed by atoms with Gasteiger partial charge in [-0.1, -0.05) is 6.07 Å². The van der Waals surface area contributed by atoms with E-state index in [-0.39, 0.29) is 0 Å². The Morgan fingerprint density at radius 1 is 0.941 bits per heavy atom. The molecule has 1 rings (SSSR count). The van der Waals surface area contributed by atoms with Crippen LogP contribution in [0.25, 0.3) is 0 Å². The Balaban J connectivity index is 3.55. The first kappa shape index (κ1) is 14.1. The fourth-order valence-corrected chi connectivity index (χ4v) is 2.00. The van der Waals surface area contributed by atoms with Gasteiger partial charge in [0.15, 0.2) is 4.90 Å². The number of alkyl halides is 6. The molecule has 1 aromatic rings. The maximum absolute atomic E-state index is 12.4. The summed E-state index contributed by atoms with van der Waals surface area (Å²) in [4.78, 5) is -1.45. The first-order valence-corrected chi connectivity index (χ1v) is 5.20. The molecule has 0 aliphatic heterocycles. The van der Waals surface area contributed by atoms with E-state index >= 15 is 0 Å². The minimum Gasteiger partial charge on any atom is -0.593 e. The van der Waals surface area contributed by atoms with E-state index in [9.17, 15) is 30.9 Å². The predicted octanol–water partition coefficient (Wildman–Crippen LogP) is 2.71. The molecule has 0 saturated carbocycles. The lowest BCUT2D eigenvalue weighted by Crippen LogP contribution is -2.24. The van der Waals surface area contributed by atoms with Gasteiger partial charge in [-0.15, -0.1) is 5.14 Å². The highest BCUT2D eigenvalue weighted by molar-refractivity contribution is 7.89. The standard InChI is InChI=1S/C8H5F6NOS/c9-7(10,11)4-2-1-3-5(8(12,13)14)6(4)17(15)16/h1-3H,15H2. The van der Waals surface area contributed by atoms with Crippen LogP contribution in [0.5, 0.6) is 0 Å². The summed E-state index contributed by atoms with van der Waals surface area (Å²) in [6.07, 6.45) is -10.1. The lowest BCUT2D eigenvalue weighted by Gasteiger charge is -2.16. The molecule has 96 valence electrons. The molecule has 2 N–H and O–H groups in total. The molecule has 0 bridgehead atoms. The predicted molar refractivity (Wildman–Crippen MR) is 47.0 cm³/mol. The first-order chi connectivity index (χ1) is 7.55. The smallest absolute Gasteiger partial charge is 0.421 e. The van der Waals surface area contributed by atoms with Crippen LogP contribution in [0.15, 0.2) is 23.1 Å². The summed E-state index contributed by atoms with van der Waals surface area (Å²) in [7, 11) is 0. The van der Waals surface area contributed by atoms with Crippen molar-refractivity contribution in [3.05, 3.63) is 29.3 Å². The van der Waals surface area contributed by atoms with Crippen LogP contribution in [0.3, 0.4) is 0 Å². The molecule has 0 heterocycles. The van der Waals surface area contributed by atoms with Gasteiger partial charge in [-0.3, -0.25) is 0 Å². The Morgan fingerprint density at radius 3 is 1.53 bits per heavy atom. The molecule has 0 aliphatic rings. The maximum atomic E-state index is 12.4. The molecule has 1 unspecified atom stereocenters. The monoisotopic (exact) mass is 277 g/mol. The normalized spacial score (nSPS) is 14.8. The third-order valence-corrected chi connectivity index (χ3v) is 2.67. The van der Waals surface area contributed by atoms with Gasteiger partial charge in [-0.05, 0) is 12.1 Å². The van der Waals surface area contributed by atoms with Crippen LogP contribution >= 0.6 is 0 Å². The van der Waals surface area contributed by atoms with Gasteiger partial charge < -0.3 is 4.55 Å². The van der Waals surface area contributed by atoms with Crippen molar-refractivity contribution < 1.29 is 30.9 Å². The molecule has 0 radical (unpaired) electrons. The minimum atomic E-state index is -5.05. The van der Waals surface area contributed by atoms with Crippen molar-refractivity contribution in [1.82, 2.24) is 0 Å². The van der Waals surface area contributed by atoms with E-state index in [0.717, 1.165) is 0 Å². The van der Waals surface area contributed by atoms with Gasteiger partial charge in [0.05, 0.1) is 11.4 Å². The highest BCUT2D eigenvalue weighted by Gasteiger charge is 2.45. The summed E-state index contributed by atoms with van der Waals surface area (Å²) < 4.78 is 85.4. The van der Waals surface area contributed by atoms with Crippen molar-refractivity contribution in [1.29, 1.82) is 0 Å². The number of nitrogens with two attached hydrogens (primary N) is 1. The molecule has 9 heteroatoms. The van der Waals surface area contributed by atoms with E-state index < -0.39 is 39.7 Å². The van der Waals surface area contributed by atoms with Crippen molar-refractivity contribution in [3.63, 3.8) is 0 Å². The Hall–Kier alpha value is -0.930. The zero-order valence-electron chi connectivity index (χ0n) is 7.89.